The molecule has 0 atom stereocenters. The summed E-state index contributed by atoms with van der Waals surface area (Å²) in [4.78, 5) is 17.4. The van der Waals surface area contributed by atoms with Crippen LogP contribution >= 0.6 is 0 Å². The van der Waals surface area contributed by atoms with E-state index in [0.717, 1.165) is 28.0 Å². The molecule has 0 fully saturated rings. The quantitative estimate of drug-likeness (QED) is 0.587. The average Bonchev–Trinajstić information content (AvgIpc) is 3.27. The molecule has 0 unspecified atom stereocenters. The van der Waals surface area contributed by atoms with Crippen LogP contribution in [0, 0.1) is 20.8 Å². The second-order valence-corrected chi connectivity index (χ2v) is 7.01. The van der Waals surface area contributed by atoms with Gasteiger partial charge in [-0.3, -0.25) is 18.8 Å². The van der Waals surface area contributed by atoms with Crippen LogP contribution in [0.4, 0.5) is 5.69 Å². The fourth-order valence-electron chi connectivity index (χ4n) is 3.44. The van der Waals surface area contributed by atoms with E-state index in [1.54, 1.807) is 26.3 Å². The van der Waals surface area contributed by atoms with Crippen LogP contribution in [-0.2, 0) is 20.6 Å². The van der Waals surface area contributed by atoms with Crippen molar-refractivity contribution in [3.8, 4) is 0 Å². The van der Waals surface area contributed by atoms with E-state index in [4.69, 9.17) is 0 Å². The number of hydrogen-bond acceptors (Lipinski definition) is 5. The van der Waals surface area contributed by atoms with Crippen molar-refractivity contribution in [2.24, 2.45) is 14.1 Å². The zero-order valence-electron chi connectivity index (χ0n) is 16.6. The Kier molecular flexibility index (Phi) is 4.21. The molecule has 144 valence electrons. The van der Waals surface area contributed by atoms with E-state index in [-0.39, 0.29) is 5.91 Å². The van der Waals surface area contributed by atoms with Gasteiger partial charge in [-0.25, -0.2) is 4.98 Å². The maximum absolute atomic E-state index is 12.9. The summed E-state index contributed by atoms with van der Waals surface area (Å²) in [6.45, 7) is 6.31. The van der Waals surface area contributed by atoms with Gasteiger partial charge in [0.25, 0.3) is 5.91 Å². The molecular weight excluding hydrogens is 356 g/mol. The smallest absolute Gasteiger partial charge is 0.256 e. The molecule has 9 nitrogen and oxygen atoms in total. The van der Waals surface area contributed by atoms with Crippen LogP contribution in [0.2, 0.25) is 0 Å². The SMILES string of the molecule is Cc1cc(C(=O)Nc2cnn(Cc3cn(C)nc3C)c2)c2c(C)nn(C)c2n1. The van der Waals surface area contributed by atoms with E-state index in [1.165, 1.54) is 0 Å². The average molecular weight is 378 g/mol. The maximum Gasteiger partial charge on any atom is 0.256 e. The Hall–Kier alpha value is -3.49. The first-order valence-corrected chi connectivity index (χ1v) is 8.95. The number of aromatic nitrogens is 7. The van der Waals surface area contributed by atoms with Gasteiger partial charge in [-0.05, 0) is 26.8 Å². The lowest BCUT2D eigenvalue weighted by Crippen LogP contribution is -2.13. The lowest BCUT2D eigenvalue weighted by Gasteiger charge is -2.06. The topological polar surface area (TPSA) is 95.5 Å². The second kappa shape index (κ2) is 6.59. The summed E-state index contributed by atoms with van der Waals surface area (Å²) in [7, 11) is 3.72. The van der Waals surface area contributed by atoms with Crippen molar-refractivity contribution in [2.75, 3.05) is 5.32 Å². The second-order valence-electron chi connectivity index (χ2n) is 7.01. The number of pyridine rings is 1. The van der Waals surface area contributed by atoms with Gasteiger partial charge >= 0.3 is 0 Å². The molecule has 0 bridgehead atoms. The summed E-state index contributed by atoms with van der Waals surface area (Å²) in [6.07, 6.45) is 5.42. The summed E-state index contributed by atoms with van der Waals surface area (Å²) in [5.41, 5.74) is 5.48. The van der Waals surface area contributed by atoms with Gasteiger partial charge in [-0.1, -0.05) is 0 Å². The van der Waals surface area contributed by atoms with E-state index in [9.17, 15) is 4.79 Å². The molecule has 0 aliphatic heterocycles. The highest BCUT2D eigenvalue weighted by molar-refractivity contribution is 6.12. The largest absolute Gasteiger partial charge is 0.319 e. The van der Waals surface area contributed by atoms with Gasteiger partial charge in [0.2, 0.25) is 0 Å². The Bertz CT molecular complexity index is 1200. The molecule has 4 heterocycles. The number of anilines is 1. The third-order valence-electron chi connectivity index (χ3n) is 4.68. The van der Waals surface area contributed by atoms with Crippen LogP contribution < -0.4 is 5.32 Å². The molecule has 1 amide bonds. The monoisotopic (exact) mass is 378 g/mol. The van der Waals surface area contributed by atoms with Crippen LogP contribution in [-0.4, -0.2) is 40.2 Å². The van der Waals surface area contributed by atoms with Crippen molar-refractivity contribution < 1.29 is 4.79 Å². The minimum atomic E-state index is -0.205. The summed E-state index contributed by atoms with van der Waals surface area (Å²) >= 11 is 0. The number of carbonyl (C=O) groups is 1. The summed E-state index contributed by atoms with van der Waals surface area (Å²) < 4.78 is 5.26. The molecular formula is C19H22N8O. The third kappa shape index (κ3) is 3.15. The highest BCUT2D eigenvalue weighted by Gasteiger charge is 2.18. The van der Waals surface area contributed by atoms with Crippen molar-refractivity contribution in [1.29, 1.82) is 0 Å². The van der Waals surface area contributed by atoms with Crippen LogP contribution in [0.25, 0.3) is 11.0 Å². The van der Waals surface area contributed by atoms with Crippen LogP contribution in [0.1, 0.15) is 33.0 Å². The number of carbonyl (C=O) groups excluding carboxylic acids is 1. The standard InChI is InChI=1S/C19H22N8O/c1-11-6-16(17-13(3)24-26(5)18(17)21-11)19(28)22-15-7-20-27(10-15)9-14-8-25(4)23-12(14)2/h6-8,10H,9H2,1-5H3,(H,22,28). The van der Waals surface area contributed by atoms with Gasteiger partial charge in [0.05, 0.1) is 40.8 Å². The number of aryl methyl sites for hydroxylation is 5. The van der Waals surface area contributed by atoms with Gasteiger partial charge in [0.1, 0.15) is 0 Å². The van der Waals surface area contributed by atoms with E-state index >= 15 is 0 Å². The Morgan fingerprint density at radius 3 is 2.61 bits per heavy atom. The van der Waals surface area contributed by atoms with Crippen molar-refractivity contribution in [2.45, 2.75) is 27.3 Å². The number of hydrogen-bond donors (Lipinski definition) is 1. The highest BCUT2D eigenvalue weighted by Crippen LogP contribution is 2.22. The van der Waals surface area contributed by atoms with E-state index in [1.807, 2.05) is 47.3 Å². The zero-order valence-corrected chi connectivity index (χ0v) is 16.6. The summed E-state index contributed by atoms with van der Waals surface area (Å²) in [6, 6.07) is 1.79. The molecule has 4 aromatic rings. The van der Waals surface area contributed by atoms with Gasteiger partial charge in [-0.15, -0.1) is 0 Å². The first kappa shape index (κ1) is 17.9. The molecule has 0 radical (unpaired) electrons. The molecule has 1 N–H and O–H groups in total. The molecule has 0 aromatic carbocycles. The fraction of sp³-hybridized carbons (Fsp3) is 0.316. The van der Waals surface area contributed by atoms with Crippen molar-refractivity contribution in [1.82, 2.24) is 34.3 Å². The minimum Gasteiger partial charge on any atom is -0.319 e. The predicted molar refractivity (Wildman–Crippen MR) is 105 cm³/mol. The zero-order chi connectivity index (χ0) is 20.0. The number of amides is 1. The van der Waals surface area contributed by atoms with Crippen molar-refractivity contribution in [3.63, 3.8) is 0 Å². The molecule has 9 heteroatoms. The highest BCUT2D eigenvalue weighted by atomic mass is 16.1. The summed E-state index contributed by atoms with van der Waals surface area (Å²) in [5, 5.41) is 16.8. The number of rotatable bonds is 4. The van der Waals surface area contributed by atoms with Gasteiger partial charge < -0.3 is 5.32 Å². The molecule has 0 aliphatic carbocycles. The van der Waals surface area contributed by atoms with Crippen molar-refractivity contribution in [3.05, 3.63) is 52.9 Å². The van der Waals surface area contributed by atoms with Gasteiger partial charge in [0.15, 0.2) is 5.65 Å². The molecule has 0 saturated heterocycles. The van der Waals surface area contributed by atoms with E-state index in [0.29, 0.717) is 23.4 Å². The Labute approximate surface area is 162 Å². The number of nitrogens with zero attached hydrogens (tertiary/aromatic N) is 7. The van der Waals surface area contributed by atoms with E-state index in [2.05, 4.69) is 25.6 Å². The third-order valence-corrected chi connectivity index (χ3v) is 4.68. The van der Waals surface area contributed by atoms with Crippen LogP contribution in [0.5, 0.6) is 0 Å². The number of fused-ring (bicyclic) bond motifs is 1. The predicted octanol–water partition coefficient (Wildman–Crippen LogP) is 2.12. The maximum atomic E-state index is 12.9. The lowest BCUT2D eigenvalue weighted by molar-refractivity contribution is 0.102. The molecule has 0 spiro atoms. The van der Waals surface area contributed by atoms with Crippen LogP contribution in [0.15, 0.2) is 24.7 Å². The normalized spacial score (nSPS) is 11.3. The molecule has 4 aromatic heterocycles. The Morgan fingerprint density at radius 1 is 1.11 bits per heavy atom. The molecule has 28 heavy (non-hydrogen) atoms. The van der Waals surface area contributed by atoms with Crippen molar-refractivity contribution >= 4 is 22.6 Å². The first-order chi connectivity index (χ1) is 13.3. The van der Waals surface area contributed by atoms with E-state index < -0.39 is 0 Å². The number of nitrogens with one attached hydrogen (secondary N) is 1. The Morgan fingerprint density at radius 2 is 1.89 bits per heavy atom. The lowest BCUT2D eigenvalue weighted by atomic mass is 10.1. The Balaban J connectivity index is 1.59. The summed E-state index contributed by atoms with van der Waals surface area (Å²) in [5.74, 6) is -0.205. The molecule has 4 rings (SSSR count). The van der Waals surface area contributed by atoms with Gasteiger partial charge in [-0.2, -0.15) is 15.3 Å². The van der Waals surface area contributed by atoms with Crippen LogP contribution in [0.3, 0.4) is 0 Å². The fourth-order valence-corrected chi connectivity index (χ4v) is 3.44. The molecule has 0 saturated carbocycles. The molecule has 0 aliphatic rings. The minimum absolute atomic E-state index is 0.205. The van der Waals surface area contributed by atoms with Gasteiger partial charge in [0, 0.05) is 37.7 Å². The first-order valence-electron chi connectivity index (χ1n) is 8.95.